The van der Waals surface area contributed by atoms with Crippen LogP contribution in [0.2, 0.25) is 5.02 Å². The van der Waals surface area contributed by atoms with Gasteiger partial charge in [0.25, 0.3) is 0 Å². The summed E-state index contributed by atoms with van der Waals surface area (Å²) >= 11 is 5.80. The fourth-order valence-electron chi connectivity index (χ4n) is 1.67. The number of halogens is 2. The lowest BCUT2D eigenvalue weighted by Crippen LogP contribution is -2.07. The lowest BCUT2D eigenvalue weighted by atomic mass is 10.0. The molecule has 1 aromatic carbocycles. The van der Waals surface area contributed by atoms with Crippen LogP contribution in [0.15, 0.2) is 30.5 Å². The van der Waals surface area contributed by atoms with Gasteiger partial charge in [-0.2, -0.15) is 0 Å². The van der Waals surface area contributed by atoms with Crippen molar-refractivity contribution in [2.24, 2.45) is 0 Å². The molecule has 0 radical (unpaired) electrons. The Morgan fingerprint density at radius 3 is 2.89 bits per heavy atom. The Morgan fingerprint density at radius 2 is 2.17 bits per heavy atom. The molecule has 94 valence electrons. The number of aromatic nitrogens is 2. The average molecular weight is 267 g/mol. The molecule has 1 heterocycles. The van der Waals surface area contributed by atoms with E-state index in [9.17, 15) is 9.50 Å². The maximum Gasteiger partial charge on any atom is 0.126 e. The molecule has 1 unspecified atom stereocenters. The van der Waals surface area contributed by atoms with Gasteiger partial charge in [0.2, 0.25) is 0 Å². The third-order valence-corrected chi connectivity index (χ3v) is 2.80. The minimum absolute atomic E-state index is 0.128. The van der Waals surface area contributed by atoms with E-state index in [1.165, 1.54) is 18.2 Å². The molecule has 0 spiro atoms. The largest absolute Gasteiger partial charge is 0.386 e. The zero-order chi connectivity index (χ0) is 13.1. The summed E-state index contributed by atoms with van der Waals surface area (Å²) < 4.78 is 13.5. The zero-order valence-electron chi connectivity index (χ0n) is 9.77. The number of rotatable bonds is 3. The first-order valence-electron chi connectivity index (χ1n) is 5.48. The van der Waals surface area contributed by atoms with Crippen molar-refractivity contribution < 1.29 is 9.50 Å². The van der Waals surface area contributed by atoms with Crippen LogP contribution < -0.4 is 0 Å². The second-order valence-corrected chi connectivity index (χ2v) is 4.42. The van der Waals surface area contributed by atoms with E-state index in [1.54, 1.807) is 19.2 Å². The first-order valence-corrected chi connectivity index (χ1v) is 5.85. The summed E-state index contributed by atoms with van der Waals surface area (Å²) in [6.07, 6.45) is 0.817. The predicted molar refractivity (Wildman–Crippen MR) is 66.8 cm³/mol. The minimum atomic E-state index is -0.875. The van der Waals surface area contributed by atoms with Gasteiger partial charge < -0.3 is 5.11 Å². The van der Waals surface area contributed by atoms with E-state index >= 15 is 0 Å². The maximum atomic E-state index is 13.5. The molecule has 0 fully saturated rings. The molecule has 1 aromatic heterocycles. The smallest absolute Gasteiger partial charge is 0.126 e. The molecule has 5 heteroatoms. The van der Waals surface area contributed by atoms with Crippen molar-refractivity contribution in [2.75, 3.05) is 0 Å². The van der Waals surface area contributed by atoms with Crippen molar-refractivity contribution >= 4 is 11.6 Å². The minimum Gasteiger partial charge on any atom is -0.386 e. The molecule has 0 saturated carbocycles. The Balaban J connectivity index is 2.21. The summed E-state index contributed by atoms with van der Waals surface area (Å²) in [7, 11) is 0. The number of aryl methyl sites for hydroxylation is 1. The number of hydrogen-bond donors (Lipinski definition) is 1. The SMILES string of the molecule is Cc1nccc(C(O)Cc2cc(Cl)ccc2F)n1. The van der Waals surface area contributed by atoms with Gasteiger partial charge in [-0.1, -0.05) is 11.6 Å². The van der Waals surface area contributed by atoms with Crippen LogP contribution in [0.25, 0.3) is 0 Å². The average Bonchev–Trinajstić information content (AvgIpc) is 2.34. The lowest BCUT2D eigenvalue weighted by molar-refractivity contribution is 0.172. The highest BCUT2D eigenvalue weighted by molar-refractivity contribution is 6.30. The van der Waals surface area contributed by atoms with E-state index in [4.69, 9.17) is 11.6 Å². The predicted octanol–water partition coefficient (Wildman–Crippen LogP) is 2.85. The van der Waals surface area contributed by atoms with Crippen LogP contribution in [0.4, 0.5) is 4.39 Å². The standard InChI is InChI=1S/C13H12ClFN2O/c1-8-16-5-4-12(17-8)13(18)7-9-6-10(14)2-3-11(9)15/h2-6,13,18H,7H2,1H3. The van der Waals surface area contributed by atoms with Crippen LogP contribution in [0.3, 0.4) is 0 Å². The summed E-state index contributed by atoms with van der Waals surface area (Å²) in [6.45, 7) is 1.73. The van der Waals surface area contributed by atoms with E-state index in [0.29, 0.717) is 22.1 Å². The molecule has 1 N–H and O–H groups in total. The Kier molecular flexibility index (Phi) is 3.89. The van der Waals surface area contributed by atoms with E-state index in [1.807, 2.05) is 0 Å². The number of hydrogen-bond acceptors (Lipinski definition) is 3. The molecule has 0 aliphatic heterocycles. The van der Waals surface area contributed by atoms with Gasteiger partial charge in [0.1, 0.15) is 17.7 Å². The van der Waals surface area contributed by atoms with Gasteiger partial charge in [-0.05, 0) is 36.8 Å². The molecule has 18 heavy (non-hydrogen) atoms. The molecular weight excluding hydrogens is 255 g/mol. The number of aliphatic hydroxyl groups is 1. The van der Waals surface area contributed by atoms with Crippen LogP contribution in [0.5, 0.6) is 0 Å². The van der Waals surface area contributed by atoms with Crippen molar-refractivity contribution in [1.82, 2.24) is 9.97 Å². The van der Waals surface area contributed by atoms with Gasteiger partial charge >= 0.3 is 0 Å². The normalized spacial score (nSPS) is 12.4. The van der Waals surface area contributed by atoms with Crippen LogP contribution in [-0.4, -0.2) is 15.1 Å². The Labute approximate surface area is 109 Å². The molecule has 0 aliphatic rings. The summed E-state index contributed by atoms with van der Waals surface area (Å²) in [5, 5.41) is 10.5. The van der Waals surface area contributed by atoms with Crippen molar-refractivity contribution in [3.05, 3.63) is 58.4 Å². The molecule has 2 aromatic rings. The highest BCUT2D eigenvalue weighted by atomic mass is 35.5. The summed E-state index contributed by atoms with van der Waals surface area (Å²) in [6, 6.07) is 5.88. The third-order valence-electron chi connectivity index (χ3n) is 2.56. The van der Waals surface area contributed by atoms with Crippen molar-refractivity contribution in [2.45, 2.75) is 19.4 Å². The quantitative estimate of drug-likeness (QED) is 0.929. The first kappa shape index (κ1) is 12.9. The van der Waals surface area contributed by atoms with Gasteiger partial charge in [0.15, 0.2) is 0 Å². The fraction of sp³-hybridized carbons (Fsp3) is 0.231. The number of benzene rings is 1. The second kappa shape index (κ2) is 5.42. The number of aliphatic hydroxyl groups excluding tert-OH is 1. The Hall–Kier alpha value is -1.52. The highest BCUT2D eigenvalue weighted by Crippen LogP contribution is 2.21. The molecule has 1 atom stereocenters. The van der Waals surface area contributed by atoms with Gasteiger partial charge in [-0.25, -0.2) is 14.4 Å². The second-order valence-electron chi connectivity index (χ2n) is 3.98. The van der Waals surface area contributed by atoms with Crippen molar-refractivity contribution in [1.29, 1.82) is 0 Å². The lowest BCUT2D eigenvalue weighted by Gasteiger charge is -2.11. The summed E-state index contributed by atoms with van der Waals surface area (Å²) in [5.74, 6) is 0.183. The molecule has 2 rings (SSSR count). The maximum absolute atomic E-state index is 13.5. The summed E-state index contributed by atoms with van der Waals surface area (Å²) in [5.41, 5.74) is 0.841. The molecule has 0 amide bonds. The van der Waals surface area contributed by atoms with Crippen LogP contribution in [0, 0.1) is 12.7 Å². The van der Waals surface area contributed by atoms with Gasteiger partial charge in [0.05, 0.1) is 5.69 Å². The topological polar surface area (TPSA) is 46.0 Å². The van der Waals surface area contributed by atoms with Crippen molar-refractivity contribution in [3.63, 3.8) is 0 Å². The molecule has 0 aliphatic carbocycles. The van der Waals surface area contributed by atoms with Gasteiger partial charge in [-0.3, -0.25) is 0 Å². The Morgan fingerprint density at radius 1 is 1.39 bits per heavy atom. The number of nitrogens with zero attached hydrogens (tertiary/aromatic N) is 2. The van der Waals surface area contributed by atoms with Crippen LogP contribution in [-0.2, 0) is 6.42 Å². The monoisotopic (exact) mass is 266 g/mol. The van der Waals surface area contributed by atoms with E-state index in [-0.39, 0.29) is 12.2 Å². The molecule has 0 bridgehead atoms. The van der Waals surface area contributed by atoms with Crippen LogP contribution in [0.1, 0.15) is 23.2 Å². The van der Waals surface area contributed by atoms with E-state index < -0.39 is 6.10 Å². The van der Waals surface area contributed by atoms with Crippen LogP contribution >= 0.6 is 11.6 Å². The highest BCUT2D eigenvalue weighted by Gasteiger charge is 2.13. The van der Waals surface area contributed by atoms with Crippen molar-refractivity contribution in [3.8, 4) is 0 Å². The zero-order valence-corrected chi connectivity index (χ0v) is 10.5. The van der Waals surface area contributed by atoms with Gasteiger partial charge in [0, 0.05) is 17.6 Å². The molecular formula is C13H12ClFN2O. The van der Waals surface area contributed by atoms with E-state index in [0.717, 1.165) is 0 Å². The first-order chi connectivity index (χ1) is 8.56. The Bertz CT molecular complexity index is 562. The summed E-state index contributed by atoms with van der Waals surface area (Å²) in [4.78, 5) is 8.05. The third kappa shape index (κ3) is 3.03. The van der Waals surface area contributed by atoms with Gasteiger partial charge in [-0.15, -0.1) is 0 Å². The molecule has 3 nitrogen and oxygen atoms in total. The van der Waals surface area contributed by atoms with E-state index in [2.05, 4.69) is 9.97 Å². The molecule has 0 saturated heterocycles. The fourth-order valence-corrected chi connectivity index (χ4v) is 1.87.